The second kappa shape index (κ2) is 5.29. The van der Waals surface area contributed by atoms with Crippen LogP contribution in [0.3, 0.4) is 0 Å². The maximum absolute atomic E-state index is 12.1. The van der Waals surface area contributed by atoms with Crippen LogP contribution >= 0.6 is 0 Å². The molecule has 0 fully saturated rings. The quantitative estimate of drug-likeness (QED) is 0.653. The molecule has 0 bridgehead atoms. The fourth-order valence-corrected chi connectivity index (χ4v) is 1.97. The largest absolute Gasteiger partial charge is 0.357 e. The van der Waals surface area contributed by atoms with Gasteiger partial charge in [0, 0.05) is 18.8 Å². The first-order valence-corrected chi connectivity index (χ1v) is 6.38. The summed E-state index contributed by atoms with van der Waals surface area (Å²) in [5.41, 5.74) is 6.04. The van der Waals surface area contributed by atoms with E-state index in [2.05, 4.69) is 15.4 Å². The molecule has 9 nitrogen and oxygen atoms in total. The molecule has 0 saturated carbocycles. The number of fused-ring (bicyclic) bond motifs is 1. The van der Waals surface area contributed by atoms with E-state index in [4.69, 9.17) is 5.73 Å². The number of pyridine rings is 1. The first kappa shape index (κ1) is 13.2. The molecule has 2 N–H and O–H groups in total. The molecule has 0 amide bonds. The molecule has 0 saturated heterocycles. The standard InChI is InChI=1S/C12H13N7O2/c13-5-4-9-7-17(16-14-9)8-11(20)19-12(21)18-6-2-1-3-10(18)15-19/h1-3,6-7H,4-5,8,13H2. The van der Waals surface area contributed by atoms with E-state index in [-0.39, 0.29) is 6.54 Å². The summed E-state index contributed by atoms with van der Waals surface area (Å²) in [6, 6.07) is 5.09. The highest BCUT2D eigenvalue weighted by Crippen LogP contribution is 1.97. The van der Waals surface area contributed by atoms with Crippen molar-refractivity contribution in [2.75, 3.05) is 6.54 Å². The molecule has 0 atom stereocenters. The Balaban J connectivity index is 1.86. The minimum Gasteiger partial charge on any atom is -0.330 e. The first-order chi connectivity index (χ1) is 10.2. The number of aromatic nitrogens is 6. The van der Waals surface area contributed by atoms with Crippen molar-refractivity contribution in [2.45, 2.75) is 13.0 Å². The van der Waals surface area contributed by atoms with Crippen LogP contribution in [0.4, 0.5) is 0 Å². The van der Waals surface area contributed by atoms with Gasteiger partial charge in [0.2, 0.25) is 0 Å². The molecule has 0 aromatic carbocycles. The van der Waals surface area contributed by atoms with E-state index < -0.39 is 11.6 Å². The third-order valence-corrected chi connectivity index (χ3v) is 2.95. The molecule has 0 spiro atoms. The van der Waals surface area contributed by atoms with E-state index in [0.29, 0.717) is 24.3 Å². The van der Waals surface area contributed by atoms with Crippen LogP contribution in [0.5, 0.6) is 0 Å². The van der Waals surface area contributed by atoms with Crippen molar-refractivity contribution in [3.05, 3.63) is 46.8 Å². The van der Waals surface area contributed by atoms with E-state index in [0.717, 1.165) is 4.68 Å². The highest BCUT2D eigenvalue weighted by atomic mass is 16.2. The summed E-state index contributed by atoms with van der Waals surface area (Å²) in [6.07, 6.45) is 3.78. The van der Waals surface area contributed by atoms with Crippen molar-refractivity contribution < 1.29 is 4.79 Å². The van der Waals surface area contributed by atoms with Gasteiger partial charge in [-0.25, -0.2) is 13.9 Å². The van der Waals surface area contributed by atoms with Gasteiger partial charge in [0.1, 0.15) is 6.54 Å². The summed E-state index contributed by atoms with van der Waals surface area (Å²) in [6.45, 7) is 0.347. The molecule has 9 heteroatoms. The van der Waals surface area contributed by atoms with E-state index in [1.54, 1.807) is 30.6 Å². The number of hydrogen-bond donors (Lipinski definition) is 1. The summed E-state index contributed by atoms with van der Waals surface area (Å²) < 4.78 is 3.50. The van der Waals surface area contributed by atoms with E-state index in [9.17, 15) is 9.59 Å². The summed E-state index contributed by atoms with van der Waals surface area (Å²) >= 11 is 0. The predicted octanol–water partition coefficient (Wildman–Crippen LogP) is -1.07. The second-order valence-electron chi connectivity index (χ2n) is 4.46. The minimum absolute atomic E-state index is 0.110. The number of nitrogens with zero attached hydrogens (tertiary/aromatic N) is 6. The third-order valence-electron chi connectivity index (χ3n) is 2.95. The smallest absolute Gasteiger partial charge is 0.330 e. The van der Waals surface area contributed by atoms with Crippen LogP contribution in [0.15, 0.2) is 35.4 Å². The molecule has 108 valence electrons. The average Bonchev–Trinajstić information content (AvgIpc) is 3.05. The molecular weight excluding hydrogens is 274 g/mol. The van der Waals surface area contributed by atoms with Gasteiger partial charge in [-0.2, -0.15) is 0 Å². The third kappa shape index (κ3) is 2.46. The lowest BCUT2D eigenvalue weighted by Crippen LogP contribution is -2.30. The van der Waals surface area contributed by atoms with Crippen molar-refractivity contribution in [3.8, 4) is 0 Å². The zero-order valence-electron chi connectivity index (χ0n) is 11.1. The minimum atomic E-state index is -0.502. The molecule has 0 unspecified atom stereocenters. The van der Waals surface area contributed by atoms with Crippen molar-refractivity contribution in [1.82, 2.24) is 29.2 Å². The Kier molecular flexibility index (Phi) is 3.32. The number of nitrogens with two attached hydrogens (primary N) is 1. The van der Waals surface area contributed by atoms with Gasteiger partial charge in [-0.1, -0.05) is 11.3 Å². The molecule has 3 aromatic heterocycles. The van der Waals surface area contributed by atoms with E-state index in [1.807, 2.05) is 0 Å². The molecule has 3 rings (SSSR count). The van der Waals surface area contributed by atoms with Gasteiger partial charge in [0.05, 0.1) is 5.69 Å². The first-order valence-electron chi connectivity index (χ1n) is 6.38. The van der Waals surface area contributed by atoms with Crippen LogP contribution in [0, 0.1) is 0 Å². The summed E-state index contributed by atoms with van der Waals surface area (Å²) in [5, 5.41) is 11.7. The maximum Gasteiger partial charge on any atom is 0.357 e. The second-order valence-corrected chi connectivity index (χ2v) is 4.46. The topological polar surface area (TPSA) is 113 Å². The zero-order valence-corrected chi connectivity index (χ0v) is 11.1. The predicted molar refractivity (Wildman–Crippen MR) is 72.9 cm³/mol. The van der Waals surface area contributed by atoms with Crippen LogP contribution in [0.1, 0.15) is 10.5 Å². The van der Waals surface area contributed by atoms with Gasteiger partial charge in [-0.3, -0.25) is 4.79 Å². The lowest BCUT2D eigenvalue weighted by molar-refractivity contribution is 0.0865. The van der Waals surface area contributed by atoms with Crippen LogP contribution < -0.4 is 11.4 Å². The molecule has 3 aromatic rings. The summed E-state index contributed by atoms with van der Waals surface area (Å²) in [7, 11) is 0. The van der Waals surface area contributed by atoms with Gasteiger partial charge >= 0.3 is 5.69 Å². The number of carbonyl (C=O) groups excluding carboxylic acids is 1. The number of hydrogen-bond acceptors (Lipinski definition) is 6. The van der Waals surface area contributed by atoms with Crippen LogP contribution in [-0.4, -0.2) is 41.6 Å². The maximum atomic E-state index is 12.1. The van der Waals surface area contributed by atoms with Gasteiger partial charge in [0.15, 0.2) is 5.65 Å². The molecule has 0 radical (unpaired) electrons. The SMILES string of the molecule is NCCc1cn(CC(=O)n2nc3ccccn3c2=O)nn1. The number of carbonyl (C=O) groups is 1. The lowest BCUT2D eigenvalue weighted by atomic mass is 10.3. The Labute approximate surface area is 118 Å². The van der Waals surface area contributed by atoms with Crippen LogP contribution in [0.25, 0.3) is 5.65 Å². The zero-order chi connectivity index (χ0) is 14.8. The Morgan fingerprint density at radius 2 is 2.19 bits per heavy atom. The molecule has 21 heavy (non-hydrogen) atoms. The van der Waals surface area contributed by atoms with Crippen molar-refractivity contribution in [3.63, 3.8) is 0 Å². The Bertz CT molecular complexity index is 845. The molecular formula is C12H13N7O2. The fourth-order valence-electron chi connectivity index (χ4n) is 1.97. The number of rotatable bonds is 4. The Morgan fingerprint density at radius 3 is 2.95 bits per heavy atom. The monoisotopic (exact) mass is 287 g/mol. The summed E-state index contributed by atoms with van der Waals surface area (Å²) in [4.78, 5) is 24.2. The highest BCUT2D eigenvalue weighted by Gasteiger charge is 2.14. The normalized spacial score (nSPS) is 11.1. The van der Waals surface area contributed by atoms with Crippen molar-refractivity contribution in [1.29, 1.82) is 0 Å². The highest BCUT2D eigenvalue weighted by molar-refractivity contribution is 5.77. The van der Waals surface area contributed by atoms with Crippen molar-refractivity contribution in [2.24, 2.45) is 5.73 Å². The molecule has 3 heterocycles. The van der Waals surface area contributed by atoms with Crippen LogP contribution in [0.2, 0.25) is 0 Å². The van der Waals surface area contributed by atoms with Gasteiger partial charge in [-0.15, -0.1) is 14.9 Å². The van der Waals surface area contributed by atoms with E-state index in [1.165, 1.54) is 9.08 Å². The molecule has 0 aliphatic rings. The van der Waals surface area contributed by atoms with Gasteiger partial charge < -0.3 is 5.73 Å². The van der Waals surface area contributed by atoms with Crippen molar-refractivity contribution >= 4 is 11.6 Å². The molecule has 0 aliphatic heterocycles. The Hall–Kier alpha value is -2.81. The van der Waals surface area contributed by atoms with Gasteiger partial charge in [-0.05, 0) is 18.7 Å². The van der Waals surface area contributed by atoms with Gasteiger partial charge in [0.25, 0.3) is 5.91 Å². The lowest BCUT2D eigenvalue weighted by Gasteiger charge is -1.97. The fraction of sp³-hybridized carbons (Fsp3) is 0.250. The Morgan fingerprint density at radius 1 is 1.33 bits per heavy atom. The van der Waals surface area contributed by atoms with E-state index >= 15 is 0 Å². The summed E-state index contributed by atoms with van der Waals surface area (Å²) in [5.74, 6) is -0.479. The average molecular weight is 287 g/mol. The molecule has 0 aliphatic carbocycles. The van der Waals surface area contributed by atoms with Crippen LogP contribution in [-0.2, 0) is 13.0 Å².